The molecular formula is C16H16ClN3O2S. The predicted octanol–water partition coefficient (Wildman–Crippen LogP) is 2.74. The van der Waals surface area contributed by atoms with Crippen LogP contribution < -0.4 is 5.56 Å². The van der Waals surface area contributed by atoms with Gasteiger partial charge in [0.2, 0.25) is 0 Å². The topological polar surface area (TPSA) is 66.1 Å². The summed E-state index contributed by atoms with van der Waals surface area (Å²) in [6.45, 7) is 1.30. The van der Waals surface area contributed by atoms with E-state index in [1.165, 1.54) is 12.1 Å². The molecule has 0 radical (unpaired) electrons. The smallest absolute Gasteiger partial charge is 0.274 e. The van der Waals surface area contributed by atoms with Crippen LogP contribution in [0.5, 0.6) is 0 Å². The molecule has 0 aliphatic carbocycles. The normalized spacial score (nSPS) is 18.5. The second-order valence-corrected chi connectivity index (χ2v) is 6.99. The van der Waals surface area contributed by atoms with E-state index >= 15 is 0 Å². The van der Waals surface area contributed by atoms with E-state index in [9.17, 15) is 9.59 Å². The maximum Gasteiger partial charge on any atom is 0.274 e. The molecule has 1 amide bonds. The first-order valence-corrected chi connectivity index (χ1v) is 8.79. The van der Waals surface area contributed by atoms with Crippen molar-refractivity contribution in [1.29, 1.82) is 0 Å². The van der Waals surface area contributed by atoms with Gasteiger partial charge in [0.1, 0.15) is 5.69 Å². The molecule has 5 nitrogen and oxygen atoms in total. The highest BCUT2D eigenvalue weighted by Gasteiger charge is 2.24. The van der Waals surface area contributed by atoms with Gasteiger partial charge in [0, 0.05) is 35.2 Å². The number of nitrogens with one attached hydrogen (secondary N) is 1. The molecule has 0 saturated carbocycles. The summed E-state index contributed by atoms with van der Waals surface area (Å²) in [4.78, 5) is 25.3. The summed E-state index contributed by atoms with van der Waals surface area (Å²) >= 11 is 8.10. The molecule has 1 aliphatic rings. The van der Waals surface area contributed by atoms with E-state index in [1.54, 1.807) is 4.90 Å². The van der Waals surface area contributed by atoms with E-state index in [4.69, 9.17) is 11.6 Å². The highest BCUT2D eigenvalue weighted by Crippen LogP contribution is 2.37. The first-order chi connectivity index (χ1) is 11.1. The Kier molecular flexibility index (Phi) is 5.03. The Morgan fingerprint density at radius 1 is 1.26 bits per heavy atom. The Morgan fingerprint density at radius 2 is 2.09 bits per heavy atom. The zero-order chi connectivity index (χ0) is 16.2. The average Bonchev–Trinajstić information content (AvgIpc) is 2.81. The summed E-state index contributed by atoms with van der Waals surface area (Å²) in [6.07, 6.45) is 0.837. The zero-order valence-corrected chi connectivity index (χ0v) is 13.9. The van der Waals surface area contributed by atoms with E-state index in [0.29, 0.717) is 13.1 Å². The second kappa shape index (κ2) is 7.19. The molecule has 1 fully saturated rings. The fraction of sp³-hybridized carbons (Fsp3) is 0.312. The van der Waals surface area contributed by atoms with Gasteiger partial charge in [0.15, 0.2) is 0 Å². The van der Waals surface area contributed by atoms with Gasteiger partial charge in [-0.05, 0) is 24.1 Å². The molecule has 120 valence electrons. The molecule has 1 aromatic heterocycles. The maximum atomic E-state index is 12.5. The van der Waals surface area contributed by atoms with E-state index in [-0.39, 0.29) is 22.4 Å². The lowest BCUT2D eigenvalue weighted by Gasteiger charge is -2.19. The predicted molar refractivity (Wildman–Crippen MR) is 92.0 cm³/mol. The van der Waals surface area contributed by atoms with E-state index in [0.717, 1.165) is 22.8 Å². The first kappa shape index (κ1) is 16.1. The molecule has 0 unspecified atom stereocenters. The molecule has 1 aromatic carbocycles. The Balaban J connectivity index is 1.71. The lowest BCUT2D eigenvalue weighted by Crippen LogP contribution is -2.34. The SMILES string of the molecule is O=C(c1ccc(=O)[nH]n1)N1CCS[C@H](c2ccccc2Cl)CC1. The number of carbonyl (C=O) groups is 1. The van der Waals surface area contributed by atoms with Crippen LogP contribution in [0, 0.1) is 0 Å². The van der Waals surface area contributed by atoms with Gasteiger partial charge in [-0.15, -0.1) is 0 Å². The van der Waals surface area contributed by atoms with Crippen molar-refractivity contribution in [2.75, 3.05) is 18.8 Å². The maximum absolute atomic E-state index is 12.5. The number of amides is 1. The largest absolute Gasteiger partial charge is 0.336 e. The number of nitrogens with zero attached hydrogens (tertiary/aromatic N) is 2. The van der Waals surface area contributed by atoms with Gasteiger partial charge in [-0.2, -0.15) is 16.9 Å². The summed E-state index contributed by atoms with van der Waals surface area (Å²) in [5.74, 6) is 0.687. The van der Waals surface area contributed by atoms with E-state index < -0.39 is 0 Å². The van der Waals surface area contributed by atoms with Crippen LogP contribution in [0.1, 0.15) is 27.7 Å². The van der Waals surface area contributed by atoms with Crippen LogP contribution in [0.2, 0.25) is 5.02 Å². The van der Waals surface area contributed by atoms with Crippen LogP contribution in [0.15, 0.2) is 41.2 Å². The van der Waals surface area contributed by atoms with Crippen molar-refractivity contribution in [3.63, 3.8) is 0 Å². The fourth-order valence-electron chi connectivity index (χ4n) is 2.58. The number of hydrogen-bond acceptors (Lipinski definition) is 4. The molecule has 7 heteroatoms. The van der Waals surface area contributed by atoms with Gasteiger partial charge in [-0.1, -0.05) is 29.8 Å². The minimum Gasteiger partial charge on any atom is -0.336 e. The lowest BCUT2D eigenvalue weighted by molar-refractivity contribution is 0.0759. The van der Waals surface area contributed by atoms with Crippen LogP contribution in [0.3, 0.4) is 0 Å². The highest BCUT2D eigenvalue weighted by atomic mass is 35.5. The molecule has 3 rings (SSSR count). The average molecular weight is 350 g/mol. The first-order valence-electron chi connectivity index (χ1n) is 7.36. The van der Waals surface area contributed by atoms with Gasteiger partial charge >= 0.3 is 0 Å². The monoisotopic (exact) mass is 349 g/mol. The van der Waals surface area contributed by atoms with Gasteiger partial charge in [0.25, 0.3) is 11.5 Å². The molecule has 0 bridgehead atoms. The lowest BCUT2D eigenvalue weighted by atomic mass is 10.1. The third kappa shape index (κ3) is 3.76. The summed E-state index contributed by atoms with van der Waals surface area (Å²) in [7, 11) is 0. The highest BCUT2D eigenvalue weighted by molar-refractivity contribution is 7.99. The fourth-order valence-corrected chi connectivity index (χ4v) is 4.18. The Morgan fingerprint density at radius 3 is 2.83 bits per heavy atom. The van der Waals surface area contributed by atoms with Crippen LogP contribution in [0.4, 0.5) is 0 Å². The molecule has 1 atom stereocenters. The van der Waals surface area contributed by atoms with Crippen molar-refractivity contribution in [1.82, 2.24) is 15.1 Å². The van der Waals surface area contributed by atoms with Crippen LogP contribution >= 0.6 is 23.4 Å². The molecule has 2 aromatic rings. The molecule has 1 aliphatic heterocycles. The van der Waals surface area contributed by atoms with Gasteiger partial charge < -0.3 is 4.90 Å². The molecule has 1 saturated heterocycles. The molecular weight excluding hydrogens is 334 g/mol. The Hall–Kier alpha value is -1.79. The van der Waals surface area contributed by atoms with Crippen molar-refractivity contribution in [2.45, 2.75) is 11.7 Å². The number of aromatic amines is 1. The third-order valence-electron chi connectivity index (χ3n) is 3.78. The van der Waals surface area contributed by atoms with Crippen molar-refractivity contribution in [3.05, 3.63) is 63.0 Å². The summed E-state index contributed by atoms with van der Waals surface area (Å²) in [6, 6.07) is 10.6. The van der Waals surface area contributed by atoms with E-state index in [1.807, 2.05) is 36.0 Å². The summed E-state index contributed by atoms with van der Waals surface area (Å²) < 4.78 is 0. The molecule has 0 spiro atoms. The molecule has 23 heavy (non-hydrogen) atoms. The number of thioether (sulfide) groups is 1. The van der Waals surface area contributed by atoms with Crippen molar-refractivity contribution in [3.8, 4) is 0 Å². The number of hydrogen-bond donors (Lipinski definition) is 1. The van der Waals surface area contributed by atoms with Crippen LogP contribution in [-0.4, -0.2) is 39.8 Å². The van der Waals surface area contributed by atoms with Crippen molar-refractivity contribution in [2.24, 2.45) is 0 Å². The summed E-state index contributed by atoms with van der Waals surface area (Å²) in [5.41, 5.74) is 1.08. The molecule has 2 heterocycles. The number of aromatic nitrogens is 2. The minimum absolute atomic E-state index is 0.151. The third-order valence-corrected chi connectivity index (χ3v) is 5.43. The molecule has 1 N–H and O–H groups in total. The minimum atomic E-state index is -0.313. The second-order valence-electron chi connectivity index (χ2n) is 5.27. The van der Waals surface area contributed by atoms with Gasteiger partial charge in [0.05, 0.1) is 0 Å². The number of carbonyl (C=O) groups excluding carboxylic acids is 1. The Labute approximate surface area is 143 Å². The van der Waals surface area contributed by atoms with E-state index in [2.05, 4.69) is 10.2 Å². The number of halogens is 1. The van der Waals surface area contributed by atoms with Crippen LogP contribution in [0.25, 0.3) is 0 Å². The van der Waals surface area contributed by atoms with Crippen molar-refractivity contribution >= 4 is 29.3 Å². The number of benzene rings is 1. The number of H-pyrrole nitrogens is 1. The number of rotatable bonds is 2. The van der Waals surface area contributed by atoms with Gasteiger partial charge in [-0.25, -0.2) is 5.10 Å². The Bertz CT molecular complexity index is 744. The van der Waals surface area contributed by atoms with Gasteiger partial charge in [-0.3, -0.25) is 9.59 Å². The standard InChI is InChI=1S/C16H16ClN3O2S/c17-12-4-2-1-3-11(12)14-7-8-20(9-10-23-14)16(22)13-5-6-15(21)19-18-13/h1-6,14H,7-10H2,(H,19,21)/t14-/m0/s1. The summed E-state index contributed by atoms with van der Waals surface area (Å²) in [5, 5.41) is 7.17. The van der Waals surface area contributed by atoms with Crippen LogP contribution in [-0.2, 0) is 0 Å². The van der Waals surface area contributed by atoms with Crippen molar-refractivity contribution < 1.29 is 4.79 Å². The zero-order valence-electron chi connectivity index (χ0n) is 12.4. The quantitative estimate of drug-likeness (QED) is 0.905.